The minimum atomic E-state index is -3.84. The number of β-amino-alcohol motifs (C(OH)–C–C–N with tert-alkyl or cyclic N) is 1. The van der Waals surface area contributed by atoms with Gasteiger partial charge in [0.05, 0.1) is 12.4 Å². The topological polar surface area (TPSA) is 122 Å². The molecule has 0 amide bonds. The SMILES string of the molecule is O=S(=O)(O)CCN1CCN(CCO)CC1.OCCCCO. The number of piperazine rings is 1. The number of aliphatic hydroxyl groups is 3. The molecule has 0 unspecified atom stereocenters. The van der Waals surface area contributed by atoms with Crippen molar-refractivity contribution < 1.29 is 28.3 Å². The number of hydrogen-bond donors (Lipinski definition) is 4. The smallest absolute Gasteiger partial charge is 0.266 e. The molecule has 8 nitrogen and oxygen atoms in total. The molecule has 21 heavy (non-hydrogen) atoms. The van der Waals surface area contributed by atoms with Crippen LogP contribution in [0.15, 0.2) is 0 Å². The molecule has 0 bridgehead atoms. The Hall–Kier alpha value is -0.290. The number of hydrogen-bond acceptors (Lipinski definition) is 7. The Morgan fingerprint density at radius 3 is 1.52 bits per heavy atom. The van der Waals surface area contributed by atoms with Crippen LogP contribution in [0.2, 0.25) is 0 Å². The summed E-state index contributed by atoms with van der Waals surface area (Å²) in [7, 11) is -3.84. The van der Waals surface area contributed by atoms with E-state index < -0.39 is 10.1 Å². The molecular formula is C12H28N2O6S. The summed E-state index contributed by atoms with van der Waals surface area (Å²) in [5.74, 6) is -0.201. The van der Waals surface area contributed by atoms with E-state index in [0.29, 0.717) is 13.1 Å². The first-order chi connectivity index (χ1) is 9.92. The van der Waals surface area contributed by atoms with E-state index in [2.05, 4.69) is 4.90 Å². The van der Waals surface area contributed by atoms with Crippen molar-refractivity contribution in [2.75, 3.05) is 64.8 Å². The van der Waals surface area contributed by atoms with Crippen LogP contribution in [0.3, 0.4) is 0 Å². The van der Waals surface area contributed by atoms with Crippen molar-refractivity contribution >= 4 is 10.1 Å². The van der Waals surface area contributed by atoms with Gasteiger partial charge in [-0.1, -0.05) is 0 Å². The molecule has 4 N–H and O–H groups in total. The zero-order valence-electron chi connectivity index (χ0n) is 12.4. The molecule has 9 heteroatoms. The van der Waals surface area contributed by atoms with Gasteiger partial charge in [-0.2, -0.15) is 8.42 Å². The van der Waals surface area contributed by atoms with E-state index in [4.69, 9.17) is 19.9 Å². The van der Waals surface area contributed by atoms with Gasteiger partial charge in [-0.15, -0.1) is 0 Å². The fraction of sp³-hybridized carbons (Fsp3) is 1.00. The van der Waals surface area contributed by atoms with Crippen molar-refractivity contribution in [2.45, 2.75) is 12.8 Å². The molecule has 0 radical (unpaired) electrons. The highest BCUT2D eigenvalue weighted by molar-refractivity contribution is 7.85. The molecule has 0 saturated carbocycles. The standard InChI is InChI=1S/C8H18N2O4S.C4H10O2/c11-7-5-9-1-3-10(4-2-9)6-8-15(12,13)14;5-3-1-2-4-6/h11H,1-8H2,(H,12,13,14);5-6H,1-4H2. The third-order valence-electron chi connectivity index (χ3n) is 3.11. The quantitative estimate of drug-likeness (QED) is 0.305. The third-order valence-corrected chi connectivity index (χ3v) is 3.81. The Kier molecular flexibility index (Phi) is 12.1. The summed E-state index contributed by atoms with van der Waals surface area (Å²) in [5.41, 5.74) is 0. The Morgan fingerprint density at radius 2 is 1.19 bits per heavy atom. The minimum absolute atomic E-state index is 0.158. The summed E-state index contributed by atoms with van der Waals surface area (Å²) in [6.07, 6.45) is 1.44. The average Bonchev–Trinajstić information content (AvgIpc) is 2.44. The molecule has 1 heterocycles. The first-order valence-corrected chi connectivity index (χ1v) is 8.76. The van der Waals surface area contributed by atoms with Gasteiger partial charge in [0.25, 0.3) is 10.1 Å². The summed E-state index contributed by atoms with van der Waals surface area (Å²) in [4.78, 5) is 4.13. The minimum Gasteiger partial charge on any atom is -0.396 e. The van der Waals surface area contributed by atoms with E-state index in [1.54, 1.807) is 0 Å². The van der Waals surface area contributed by atoms with Gasteiger partial charge in [0, 0.05) is 52.5 Å². The van der Waals surface area contributed by atoms with E-state index in [9.17, 15) is 8.42 Å². The van der Waals surface area contributed by atoms with Crippen LogP contribution >= 0.6 is 0 Å². The maximum Gasteiger partial charge on any atom is 0.266 e. The average molecular weight is 328 g/mol. The summed E-state index contributed by atoms with van der Waals surface area (Å²) in [6.45, 7) is 4.85. The maximum absolute atomic E-state index is 10.5. The van der Waals surface area contributed by atoms with Gasteiger partial charge in [-0.3, -0.25) is 14.4 Å². The largest absolute Gasteiger partial charge is 0.396 e. The van der Waals surface area contributed by atoms with Crippen molar-refractivity contribution in [3.63, 3.8) is 0 Å². The predicted octanol–water partition coefficient (Wildman–Crippen LogP) is -1.76. The van der Waals surface area contributed by atoms with E-state index in [-0.39, 0.29) is 25.6 Å². The molecule has 1 aliphatic heterocycles. The highest BCUT2D eigenvalue weighted by Crippen LogP contribution is 2.01. The highest BCUT2D eigenvalue weighted by atomic mass is 32.2. The maximum atomic E-state index is 10.5. The fourth-order valence-corrected chi connectivity index (χ4v) is 2.33. The lowest BCUT2D eigenvalue weighted by Gasteiger charge is -2.33. The second-order valence-corrected chi connectivity index (χ2v) is 6.42. The Balaban J connectivity index is 0.000000567. The van der Waals surface area contributed by atoms with Crippen LogP contribution in [0.4, 0.5) is 0 Å². The molecule has 0 aliphatic carbocycles. The molecule has 1 aliphatic rings. The number of unbranched alkanes of at least 4 members (excludes halogenated alkanes) is 1. The Morgan fingerprint density at radius 1 is 0.762 bits per heavy atom. The lowest BCUT2D eigenvalue weighted by atomic mass is 10.3. The molecule has 0 aromatic carbocycles. The Labute approximate surface area is 126 Å². The molecule has 128 valence electrons. The van der Waals surface area contributed by atoms with Gasteiger partial charge < -0.3 is 15.3 Å². The zero-order chi connectivity index (χ0) is 16.1. The normalized spacial score (nSPS) is 17.3. The van der Waals surface area contributed by atoms with E-state index >= 15 is 0 Å². The molecule has 0 aromatic heterocycles. The molecule has 1 rings (SSSR count). The summed E-state index contributed by atoms with van der Waals surface area (Å²) in [6, 6.07) is 0. The van der Waals surface area contributed by atoms with Crippen LogP contribution in [0.1, 0.15) is 12.8 Å². The molecule has 1 saturated heterocycles. The van der Waals surface area contributed by atoms with Crippen LogP contribution in [-0.2, 0) is 10.1 Å². The Bertz CT molecular complexity index is 327. The van der Waals surface area contributed by atoms with Gasteiger partial charge in [0.15, 0.2) is 0 Å². The molecule has 0 spiro atoms. The highest BCUT2D eigenvalue weighted by Gasteiger charge is 2.17. The number of aliphatic hydroxyl groups excluding tert-OH is 3. The summed E-state index contributed by atoms with van der Waals surface area (Å²) >= 11 is 0. The zero-order valence-corrected chi connectivity index (χ0v) is 13.2. The third kappa shape index (κ3) is 13.1. The van der Waals surface area contributed by atoms with E-state index in [1.807, 2.05) is 4.90 Å². The predicted molar refractivity (Wildman–Crippen MR) is 79.8 cm³/mol. The van der Waals surface area contributed by atoms with Crippen molar-refractivity contribution in [1.29, 1.82) is 0 Å². The second-order valence-electron chi connectivity index (χ2n) is 4.85. The van der Waals surface area contributed by atoms with Crippen LogP contribution in [0.5, 0.6) is 0 Å². The lowest BCUT2D eigenvalue weighted by molar-refractivity contribution is 0.116. The van der Waals surface area contributed by atoms with Gasteiger partial charge in [0.2, 0.25) is 0 Å². The first-order valence-electron chi connectivity index (χ1n) is 7.15. The van der Waals surface area contributed by atoms with Crippen molar-refractivity contribution in [1.82, 2.24) is 9.80 Å². The van der Waals surface area contributed by atoms with Crippen molar-refractivity contribution in [3.05, 3.63) is 0 Å². The van der Waals surface area contributed by atoms with Crippen LogP contribution in [0, 0.1) is 0 Å². The van der Waals surface area contributed by atoms with Gasteiger partial charge >= 0.3 is 0 Å². The molecular weight excluding hydrogens is 300 g/mol. The number of nitrogens with zero attached hydrogens (tertiary/aromatic N) is 2. The summed E-state index contributed by atoms with van der Waals surface area (Å²) in [5, 5.41) is 24.9. The van der Waals surface area contributed by atoms with Gasteiger partial charge in [-0.05, 0) is 12.8 Å². The molecule has 0 atom stereocenters. The van der Waals surface area contributed by atoms with E-state index in [1.165, 1.54) is 0 Å². The van der Waals surface area contributed by atoms with Crippen molar-refractivity contribution in [2.24, 2.45) is 0 Å². The van der Waals surface area contributed by atoms with Crippen LogP contribution in [0.25, 0.3) is 0 Å². The molecule has 0 aromatic rings. The molecule has 1 fully saturated rings. The van der Waals surface area contributed by atoms with Gasteiger partial charge in [-0.25, -0.2) is 0 Å². The summed E-state index contributed by atoms with van der Waals surface area (Å²) < 4.78 is 29.6. The first kappa shape index (κ1) is 20.7. The lowest BCUT2D eigenvalue weighted by Crippen LogP contribution is -2.48. The van der Waals surface area contributed by atoms with Crippen molar-refractivity contribution in [3.8, 4) is 0 Å². The fourth-order valence-electron chi connectivity index (χ4n) is 1.85. The monoisotopic (exact) mass is 328 g/mol. The van der Waals surface area contributed by atoms with Crippen LogP contribution < -0.4 is 0 Å². The second kappa shape index (κ2) is 12.3. The van der Waals surface area contributed by atoms with E-state index in [0.717, 1.165) is 39.0 Å². The van der Waals surface area contributed by atoms with Crippen LogP contribution in [-0.4, -0.2) is 103 Å². The number of rotatable bonds is 8. The van der Waals surface area contributed by atoms with Gasteiger partial charge in [0.1, 0.15) is 0 Å².